The van der Waals surface area contributed by atoms with E-state index in [2.05, 4.69) is 11.9 Å². The highest BCUT2D eigenvalue weighted by Crippen LogP contribution is 2.23. The molecule has 0 heterocycles. The maximum atomic E-state index is 11.7. The second kappa shape index (κ2) is 5.21. The SMILES string of the molecule is C=CC(C)NC(=O)c1ccc(OC)cc1O. The molecule has 86 valence electrons. The lowest BCUT2D eigenvalue weighted by atomic mass is 10.1. The van der Waals surface area contributed by atoms with Crippen molar-refractivity contribution in [3.63, 3.8) is 0 Å². The number of nitrogens with one attached hydrogen (secondary N) is 1. The molecule has 0 bridgehead atoms. The number of carbonyl (C=O) groups is 1. The Bertz CT molecular complexity index is 401. The van der Waals surface area contributed by atoms with Gasteiger partial charge in [-0.2, -0.15) is 0 Å². The molecule has 0 spiro atoms. The van der Waals surface area contributed by atoms with Crippen molar-refractivity contribution in [2.24, 2.45) is 0 Å². The number of carbonyl (C=O) groups excluding carboxylic acids is 1. The number of phenolic OH excluding ortho intramolecular Hbond substituents is 1. The Morgan fingerprint density at radius 2 is 2.31 bits per heavy atom. The molecule has 0 fully saturated rings. The van der Waals surface area contributed by atoms with Crippen LogP contribution in [-0.4, -0.2) is 24.2 Å². The zero-order valence-electron chi connectivity index (χ0n) is 9.36. The number of aromatic hydroxyl groups is 1. The third-order valence-electron chi connectivity index (χ3n) is 2.16. The van der Waals surface area contributed by atoms with Crippen LogP contribution in [0.5, 0.6) is 11.5 Å². The predicted molar refractivity (Wildman–Crippen MR) is 61.8 cm³/mol. The van der Waals surface area contributed by atoms with Crippen LogP contribution >= 0.6 is 0 Å². The molecule has 0 aromatic heterocycles. The van der Waals surface area contributed by atoms with E-state index in [9.17, 15) is 9.90 Å². The number of hydrogen-bond acceptors (Lipinski definition) is 3. The van der Waals surface area contributed by atoms with Gasteiger partial charge in [-0.25, -0.2) is 0 Å². The predicted octanol–water partition coefficient (Wildman–Crippen LogP) is 1.71. The minimum Gasteiger partial charge on any atom is -0.507 e. The lowest BCUT2D eigenvalue weighted by Crippen LogP contribution is -2.30. The standard InChI is InChI=1S/C12H15NO3/c1-4-8(2)13-12(15)10-6-5-9(16-3)7-11(10)14/h4-8,14H,1H2,2-3H3,(H,13,15). The Balaban J connectivity index is 2.87. The number of ether oxygens (including phenoxy) is 1. The van der Waals surface area contributed by atoms with Crippen LogP contribution in [0.4, 0.5) is 0 Å². The van der Waals surface area contributed by atoms with Gasteiger partial charge < -0.3 is 15.2 Å². The fourth-order valence-corrected chi connectivity index (χ4v) is 1.17. The smallest absolute Gasteiger partial charge is 0.255 e. The van der Waals surface area contributed by atoms with Crippen molar-refractivity contribution in [2.45, 2.75) is 13.0 Å². The van der Waals surface area contributed by atoms with E-state index in [0.717, 1.165) is 0 Å². The molecule has 4 heteroatoms. The molecule has 1 amide bonds. The lowest BCUT2D eigenvalue weighted by molar-refractivity contribution is 0.0944. The zero-order chi connectivity index (χ0) is 12.1. The number of phenols is 1. The topological polar surface area (TPSA) is 58.6 Å². The first-order valence-corrected chi connectivity index (χ1v) is 4.89. The fourth-order valence-electron chi connectivity index (χ4n) is 1.17. The van der Waals surface area contributed by atoms with Crippen LogP contribution in [-0.2, 0) is 0 Å². The summed E-state index contributed by atoms with van der Waals surface area (Å²) in [5.41, 5.74) is 0.217. The minimum atomic E-state index is -0.340. The summed E-state index contributed by atoms with van der Waals surface area (Å²) in [6.45, 7) is 5.36. The largest absolute Gasteiger partial charge is 0.507 e. The molecular weight excluding hydrogens is 206 g/mol. The first kappa shape index (κ1) is 12.1. The molecule has 1 unspecified atom stereocenters. The van der Waals surface area contributed by atoms with Crippen molar-refractivity contribution < 1.29 is 14.6 Å². The molecule has 0 saturated carbocycles. The van der Waals surface area contributed by atoms with Crippen molar-refractivity contribution in [3.05, 3.63) is 36.4 Å². The first-order chi connectivity index (χ1) is 7.58. The minimum absolute atomic E-state index is 0.104. The van der Waals surface area contributed by atoms with Crippen LogP contribution in [0.15, 0.2) is 30.9 Å². The van der Waals surface area contributed by atoms with Crippen LogP contribution in [0.3, 0.4) is 0 Å². The van der Waals surface area contributed by atoms with Gasteiger partial charge in [-0.05, 0) is 19.1 Å². The van der Waals surface area contributed by atoms with Crippen molar-refractivity contribution in [2.75, 3.05) is 7.11 Å². The van der Waals surface area contributed by atoms with E-state index in [1.165, 1.54) is 19.2 Å². The van der Waals surface area contributed by atoms with Gasteiger partial charge in [0.1, 0.15) is 11.5 Å². The number of methoxy groups -OCH3 is 1. The van der Waals surface area contributed by atoms with Gasteiger partial charge in [0, 0.05) is 12.1 Å². The molecule has 0 radical (unpaired) electrons. The second-order valence-electron chi connectivity index (χ2n) is 3.38. The third kappa shape index (κ3) is 2.76. The summed E-state index contributed by atoms with van der Waals surface area (Å²) in [4.78, 5) is 11.7. The average molecular weight is 221 g/mol. The van der Waals surface area contributed by atoms with E-state index >= 15 is 0 Å². The first-order valence-electron chi connectivity index (χ1n) is 4.89. The summed E-state index contributed by atoms with van der Waals surface area (Å²) < 4.78 is 4.92. The number of hydrogen-bond donors (Lipinski definition) is 2. The average Bonchev–Trinajstić information content (AvgIpc) is 2.28. The highest BCUT2D eigenvalue weighted by atomic mass is 16.5. The van der Waals surface area contributed by atoms with E-state index in [4.69, 9.17) is 4.74 Å². The number of benzene rings is 1. The Hall–Kier alpha value is -1.97. The van der Waals surface area contributed by atoms with Crippen LogP contribution in [0, 0.1) is 0 Å². The highest BCUT2D eigenvalue weighted by molar-refractivity contribution is 5.97. The van der Waals surface area contributed by atoms with Crippen LogP contribution in [0.2, 0.25) is 0 Å². The Morgan fingerprint density at radius 3 is 2.81 bits per heavy atom. The third-order valence-corrected chi connectivity index (χ3v) is 2.16. The normalized spacial score (nSPS) is 11.6. The molecule has 16 heavy (non-hydrogen) atoms. The highest BCUT2D eigenvalue weighted by Gasteiger charge is 2.12. The maximum Gasteiger partial charge on any atom is 0.255 e. The molecule has 1 rings (SSSR count). The second-order valence-corrected chi connectivity index (χ2v) is 3.38. The van der Waals surface area contributed by atoms with Gasteiger partial charge in [0.15, 0.2) is 0 Å². The fraction of sp³-hybridized carbons (Fsp3) is 0.250. The number of amides is 1. The van der Waals surface area contributed by atoms with E-state index in [1.807, 2.05) is 0 Å². The molecular formula is C12H15NO3. The van der Waals surface area contributed by atoms with Gasteiger partial charge in [0.05, 0.1) is 12.7 Å². The van der Waals surface area contributed by atoms with Gasteiger partial charge in [0.2, 0.25) is 0 Å². The molecule has 2 N–H and O–H groups in total. The van der Waals surface area contributed by atoms with E-state index in [-0.39, 0.29) is 23.3 Å². The zero-order valence-corrected chi connectivity index (χ0v) is 9.36. The quantitative estimate of drug-likeness (QED) is 0.761. The Kier molecular flexibility index (Phi) is 3.94. The number of rotatable bonds is 4. The van der Waals surface area contributed by atoms with Crippen LogP contribution in [0.1, 0.15) is 17.3 Å². The van der Waals surface area contributed by atoms with E-state index in [0.29, 0.717) is 5.75 Å². The van der Waals surface area contributed by atoms with Gasteiger partial charge in [0.25, 0.3) is 5.91 Å². The summed E-state index contributed by atoms with van der Waals surface area (Å²) in [7, 11) is 1.49. The summed E-state index contributed by atoms with van der Waals surface area (Å²) in [5.74, 6) is 0.0616. The summed E-state index contributed by atoms with van der Waals surface area (Å²) in [5, 5.41) is 12.3. The van der Waals surface area contributed by atoms with Crippen molar-refractivity contribution in [1.29, 1.82) is 0 Å². The lowest BCUT2D eigenvalue weighted by Gasteiger charge is -2.10. The molecule has 1 aromatic carbocycles. The van der Waals surface area contributed by atoms with Gasteiger partial charge in [-0.1, -0.05) is 6.08 Å². The maximum absolute atomic E-state index is 11.7. The van der Waals surface area contributed by atoms with Gasteiger partial charge in [-0.15, -0.1) is 6.58 Å². The van der Waals surface area contributed by atoms with Crippen LogP contribution in [0.25, 0.3) is 0 Å². The Labute approximate surface area is 94.6 Å². The summed E-state index contributed by atoms with van der Waals surface area (Å²) >= 11 is 0. The molecule has 0 aliphatic heterocycles. The molecule has 0 aliphatic carbocycles. The molecule has 1 aromatic rings. The molecule has 0 saturated heterocycles. The van der Waals surface area contributed by atoms with Crippen molar-refractivity contribution in [1.82, 2.24) is 5.32 Å². The molecule has 1 atom stereocenters. The van der Waals surface area contributed by atoms with Gasteiger partial charge >= 0.3 is 0 Å². The Morgan fingerprint density at radius 1 is 1.62 bits per heavy atom. The van der Waals surface area contributed by atoms with Crippen molar-refractivity contribution in [3.8, 4) is 11.5 Å². The molecule has 4 nitrogen and oxygen atoms in total. The van der Waals surface area contributed by atoms with E-state index < -0.39 is 0 Å². The summed E-state index contributed by atoms with van der Waals surface area (Å²) in [6, 6.07) is 4.38. The monoisotopic (exact) mass is 221 g/mol. The van der Waals surface area contributed by atoms with Crippen LogP contribution < -0.4 is 10.1 Å². The molecule has 0 aliphatic rings. The van der Waals surface area contributed by atoms with Gasteiger partial charge in [-0.3, -0.25) is 4.79 Å². The summed E-state index contributed by atoms with van der Waals surface area (Å²) in [6.07, 6.45) is 1.61. The van der Waals surface area contributed by atoms with E-state index in [1.54, 1.807) is 19.1 Å². The van der Waals surface area contributed by atoms with Crippen molar-refractivity contribution >= 4 is 5.91 Å².